The second-order valence-electron chi connectivity index (χ2n) is 5.32. The van der Waals surface area contributed by atoms with Crippen LogP contribution in [0.5, 0.6) is 0 Å². The number of alkyl halides is 3. The van der Waals surface area contributed by atoms with Crippen LogP contribution in [0.25, 0.3) is 0 Å². The molecule has 1 aromatic carbocycles. The first-order valence-corrected chi connectivity index (χ1v) is 6.30. The first-order chi connectivity index (χ1) is 8.69. The lowest BCUT2D eigenvalue weighted by atomic mass is 9.88. The van der Waals surface area contributed by atoms with E-state index < -0.39 is 11.7 Å². The van der Waals surface area contributed by atoms with E-state index in [0.29, 0.717) is 19.0 Å². The summed E-state index contributed by atoms with van der Waals surface area (Å²) < 4.78 is 37.3. The van der Waals surface area contributed by atoms with E-state index in [1.807, 2.05) is 6.92 Å². The van der Waals surface area contributed by atoms with E-state index >= 15 is 0 Å². The molecular weight excluding hydrogens is 253 g/mol. The van der Waals surface area contributed by atoms with Crippen molar-refractivity contribution in [3.05, 3.63) is 35.4 Å². The summed E-state index contributed by atoms with van der Waals surface area (Å²) in [5.74, 6) is 0.340. The zero-order valence-electron chi connectivity index (χ0n) is 11.5. The highest BCUT2D eigenvalue weighted by molar-refractivity contribution is 5.24. The second kappa shape index (κ2) is 5.92. The average Bonchev–Trinajstić information content (AvgIpc) is 2.35. The summed E-state index contributed by atoms with van der Waals surface area (Å²) in [4.78, 5) is 0. The van der Waals surface area contributed by atoms with Crippen molar-refractivity contribution in [2.45, 2.75) is 39.0 Å². The lowest BCUT2D eigenvalue weighted by Crippen LogP contribution is -2.52. The van der Waals surface area contributed by atoms with E-state index in [-0.39, 0.29) is 5.54 Å². The zero-order chi connectivity index (χ0) is 14.7. The minimum absolute atomic E-state index is 0.220. The summed E-state index contributed by atoms with van der Waals surface area (Å²) in [6.07, 6.45) is -4.28. The molecule has 0 saturated carbocycles. The number of hydrogen-bond acceptors (Lipinski definition) is 2. The fourth-order valence-corrected chi connectivity index (χ4v) is 1.63. The third-order valence-corrected chi connectivity index (χ3v) is 3.68. The Morgan fingerprint density at radius 1 is 1.16 bits per heavy atom. The minimum atomic E-state index is -4.28. The first-order valence-electron chi connectivity index (χ1n) is 6.30. The Morgan fingerprint density at radius 3 is 2.05 bits per heavy atom. The van der Waals surface area contributed by atoms with Gasteiger partial charge in [0.2, 0.25) is 0 Å². The van der Waals surface area contributed by atoms with Gasteiger partial charge in [-0.1, -0.05) is 26.0 Å². The van der Waals surface area contributed by atoms with E-state index in [1.54, 1.807) is 0 Å². The third kappa shape index (κ3) is 4.21. The van der Waals surface area contributed by atoms with Crippen molar-refractivity contribution in [2.24, 2.45) is 11.7 Å². The summed E-state index contributed by atoms with van der Waals surface area (Å²) in [7, 11) is 0. The summed E-state index contributed by atoms with van der Waals surface area (Å²) >= 11 is 0. The number of nitrogens with two attached hydrogens (primary N) is 1. The van der Waals surface area contributed by atoms with Crippen molar-refractivity contribution in [3.8, 4) is 0 Å². The van der Waals surface area contributed by atoms with Gasteiger partial charge in [0.05, 0.1) is 5.56 Å². The van der Waals surface area contributed by atoms with Crippen molar-refractivity contribution in [1.29, 1.82) is 0 Å². The van der Waals surface area contributed by atoms with Crippen LogP contribution in [-0.2, 0) is 12.7 Å². The molecule has 0 amide bonds. The summed E-state index contributed by atoms with van der Waals surface area (Å²) in [6, 6.07) is 5.19. The fourth-order valence-electron chi connectivity index (χ4n) is 1.63. The van der Waals surface area contributed by atoms with Gasteiger partial charge in [-0.25, -0.2) is 0 Å². The highest BCUT2D eigenvalue weighted by Gasteiger charge is 2.30. The van der Waals surface area contributed by atoms with E-state index in [4.69, 9.17) is 5.73 Å². The van der Waals surface area contributed by atoms with Crippen LogP contribution >= 0.6 is 0 Å². The van der Waals surface area contributed by atoms with Crippen LogP contribution in [0.1, 0.15) is 31.9 Å². The molecule has 0 saturated heterocycles. The molecule has 0 aliphatic carbocycles. The van der Waals surface area contributed by atoms with Gasteiger partial charge in [-0.2, -0.15) is 13.2 Å². The smallest absolute Gasteiger partial charge is 0.329 e. The molecule has 1 aromatic rings. The minimum Gasteiger partial charge on any atom is -0.329 e. The average molecular weight is 274 g/mol. The molecule has 3 N–H and O–H groups in total. The number of benzene rings is 1. The summed E-state index contributed by atoms with van der Waals surface area (Å²) in [5, 5.41) is 3.31. The number of hydrogen-bond donors (Lipinski definition) is 2. The Balaban J connectivity index is 2.69. The van der Waals surface area contributed by atoms with Crippen molar-refractivity contribution in [3.63, 3.8) is 0 Å². The summed E-state index contributed by atoms with van der Waals surface area (Å²) in [5.41, 5.74) is 5.71. The molecule has 0 aliphatic heterocycles. The molecule has 2 nitrogen and oxygen atoms in total. The lowest BCUT2D eigenvalue weighted by Gasteiger charge is -2.34. The largest absolute Gasteiger partial charge is 0.416 e. The van der Waals surface area contributed by atoms with Gasteiger partial charge in [-0.3, -0.25) is 0 Å². The maximum absolute atomic E-state index is 12.4. The molecule has 1 atom stereocenters. The van der Waals surface area contributed by atoms with Gasteiger partial charge in [0.1, 0.15) is 0 Å². The van der Waals surface area contributed by atoms with E-state index in [0.717, 1.165) is 17.7 Å². The van der Waals surface area contributed by atoms with Gasteiger partial charge in [-0.15, -0.1) is 0 Å². The van der Waals surface area contributed by atoms with Gasteiger partial charge < -0.3 is 11.1 Å². The standard InChI is InChI=1S/C14H21F3N2/c1-10(2)13(3,9-18)19-8-11-4-6-12(7-5-11)14(15,16)17/h4-7,10,19H,8-9,18H2,1-3H3. The highest BCUT2D eigenvalue weighted by Crippen LogP contribution is 2.29. The van der Waals surface area contributed by atoms with Gasteiger partial charge in [0.15, 0.2) is 0 Å². The Labute approximate surface area is 112 Å². The second-order valence-corrected chi connectivity index (χ2v) is 5.32. The SMILES string of the molecule is CC(C)C(C)(CN)NCc1ccc(C(F)(F)F)cc1. The first kappa shape index (κ1) is 16.0. The van der Waals surface area contributed by atoms with E-state index in [2.05, 4.69) is 19.2 Å². The van der Waals surface area contributed by atoms with Crippen molar-refractivity contribution >= 4 is 0 Å². The molecule has 0 aromatic heterocycles. The molecule has 19 heavy (non-hydrogen) atoms. The molecule has 5 heteroatoms. The topological polar surface area (TPSA) is 38.0 Å². The van der Waals surface area contributed by atoms with Crippen molar-refractivity contribution in [1.82, 2.24) is 5.32 Å². The van der Waals surface area contributed by atoms with Crippen LogP contribution in [-0.4, -0.2) is 12.1 Å². The quantitative estimate of drug-likeness (QED) is 0.865. The third-order valence-electron chi connectivity index (χ3n) is 3.68. The normalized spacial score (nSPS) is 15.6. The van der Waals surface area contributed by atoms with E-state index in [9.17, 15) is 13.2 Å². The molecule has 0 aliphatic rings. The Morgan fingerprint density at radius 2 is 1.68 bits per heavy atom. The van der Waals surface area contributed by atoms with Crippen LogP contribution < -0.4 is 11.1 Å². The highest BCUT2D eigenvalue weighted by atomic mass is 19.4. The zero-order valence-corrected chi connectivity index (χ0v) is 11.5. The van der Waals surface area contributed by atoms with Crippen LogP contribution in [0.15, 0.2) is 24.3 Å². The van der Waals surface area contributed by atoms with Gasteiger partial charge in [0.25, 0.3) is 0 Å². The molecule has 0 spiro atoms. The Hall–Kier alpha value is -1.07. The molecule has 0 fully saturated rings. The number of halogens is 3. The Kier molecular flexibility index (Phi) is 4.98. The van der Waals surface area contributed by atoms with Crippen LogP contribution in [0.4, 0.5) is 13.2 Å². The molecule has 0 radical (unpaired) electrons. The molecule has 0 heterocycles. The van der Waals surface area contributed by atoms with E-state index in [1.165, 1.54) is 12.1 Å². The van der Waals surface area contributed by atoms with Crippen LogP contribution in [0.3, 0.4) is 0 Å². The molecular formula is C14H21F3N2. The molecule has 1 unspecified atom stereocenters. The molecule has 108 valence electrons. The van der Waals surface area contributed by atoms with Gasteiger partial charge in [-0.05, 0) is 30.5 Å². The predicted octanol–water partition coefficient (Wildman–Crippen LogP) is 3.17. The van der Waals surface area contributed by atoms with Gasteiger partial charge in [0, 0.05) is 18.6 Å². The maximum atomic E-state index is 12.4. The van der Waals surface area contributed by atoms with Crippen LogP contribution in [0, 0.1) is 5.92 Å². The number of rotatable bonds is 5. The maximum Gasteiger partial charge on any atom is 0.416 e. The lowest BCUT2D eigenvalue weighted by molar-refractivity contribution is -0.137. The van der Waals surface area contributed by atoms with Crippen molar-refractivity contribution in [2.75, 3.05) is 6.54 Å². The predicted molar refractivity (Wildman–Crippen MR) is 70.6 cm³/mol. The Bertz CT molecular complexity index is 398. The molecule has 1 rings (SSSR count). The van der Waals surface area contributed by atoms with Crippen molar-refractivity contribution < 1.29 is 13.2 Å². The fraction of sp³-hybridized carbons (Fsp3) is 0.571. The monoisotopic (exact) mass is 274 g/mol. The van der Waals surface area contributed by atoms with Gasteiger partial charge >= 0.3 is 6.18 Å². The molecule has 0 bridgehead atoms. The summed E-state index contributed by atoms with van der Waals surface area (Å²) in [6.45, 7) is 7.12. The van der Waals surface area contributed by atoms with Crippen LogP contribution in [0.2, 0.25) is 0 Å². The number of nitrogens with one attached hydrogen (secondary N) is 1.